The van der Waals surface area contributed by atoms with Gasteiger partial charge in [-0.15, -0.1) is 0 Å². The fraction of sp³-hybridized carbons (Fsp3) is 0.182. The highest BCUT2D eigenvalue weighted by molar-refractivity contribution is 5.57. The Labute approximate surface area is 176 Å². The van der Waals surface area contributed by atoms with Gasteiger partial charge in [-0.25, -0.2) is 9.97 Å². The number of hydrogen-bond donors (Lipinski definition) is 1. The predicted octanol–water partition coefficient (Wildman–Crippen LogP) is 4.98. The van der Waals surface area contributed by atoms with Gasteiger partial charge in [-0.2, -0.15) is 18.3 Å². The van der Waals surface area contributed by atoms with Crippen molar-refractivity contribution >= 4 is 5.82 Å². The zero-order valence-electron chi connectivity index (χ0n) is 16.6. The molecule has 0 radical (unpaired) electrons. The van der Waals surface area contributed by atoms with Crippen molar-refractivity contribution in [2.45, 2.75) is 25.7 Å². The fourth-order valence-electron chi connectivity index (χ4n) is 3.06. The third kappa shape index (κ3) is 5.06. The summed E-state index contributed by atoms with van der Waals surface area (Å²) in [5, 5.41) is 7.39. The molecule has 0 aliphatic carbocycles. The molecule has 0 spiro atoms. The van der Waals surface area contributed by atoms with E-state index in [0.29, 0.717) is 12.1 Å². The molecule has 3 aromatic heterocycles. The monoisotopic (exact) mass is 424 g/mol. The molecule has 0 bridgehead atoms. The Balaban J connectivity index is 1.57. The summed E-state index contributed by atoms with van der Waals surface area (Å²) in [5.41, 5.74) is 1.37. The van der Waals surface area contributed by atoms with Crippen molar-refractivity contribution in [1.82, 2.24) is 24.7 Å². The number of pyridine rings is 1. The standard InChI is InChI=1S/C22H19F3N6/c1-15(18-12-27-31(14-18)13-16-5-3-2-4-6-16)28-20-11-19(22(23,24)25)29-21(30-20)17-7-9-26-10-8-17/h2-12,14-15H,13H2,1H3,(H,28,29,30). The van der Waals surface area contributed by atoms with Crippen LogP contribution >= 0.6 is 0 Å². The predicted molar refractivity (Wildman–Crippen MR) is 110 cm³/mol. The molecule has 0 saturated carbocycles. The van der Waals surface area contributed by atoms with Crippen LogP contribution in [-0.2, 0) is 12.7 Å². The van der Waals surface area contributed by atoms with Gasteiger partial charge in [0.25, 0.3) is 0 Å². The number of anilines is 1. The van der Waals surface area contributed by atoms with Crippen molar-refractivity contribution < 1.29 is 13.2 Å². The molecule has 0 saturated heterocycles. The SMILES string of the molecule is CC(Nc1cc(C(F)(F)F)nc(-c2ccncc2)n1)c1cnn(Cc2ccccc2)c1. The van der Waals surface area contributed by atoms with Crippen molar-refractivity contribution in [3.05, 3.63) is 90.1 Å². The summed E-state index contributed by atoms with van der Waals surface area (Å²) >= 11 is 0. The number of nitrogens with one attached hydrogen (secondary N) is 1. The molecular formula is C22H19F3N6. The van der Waals surface area contributed by atoms with Crippen LogP contribution in [-0.4, -0.2) is 24.7 Å². The number of hydrogen-bond acceptors (Lipinski definition) is 5. The van der Waals surface area contributed by atoms with Crippen LogP contribution in [0.4, 0.5) is 19.0 Å². The molecule has 1 aromatic carbocycles. The molecule has 0 aliphatic heterocycles. The van der Waals surface area contributed by atoms with E-state index in [-0.39, 0.29) is 17.7 Å². The van der Waals surface area contributed by atoms with E-state index >= 15 is 0 Å². The second-order valence-electron chi connectivity index (χ2n) is 7.02. The molecule has 9 heteroatoms. The topological polar surface area (TPSA) is 68.5 Å². The molecule has 31 heavy (non-hydrogen) atoms. The lowest BCUT2D eigenvalue weighted by Gasteiger charge is -2.16. The third-order valence-electron chi connectivity index (χ3n) is 4.66. The molecular weight excluding hydrogens is 405 g/mol. The van der Waals surface area contributed by atoms with E-state index in [2.05, 4.69) is 25.4 Å². The number of rotatable bonds is 6. The van der Waals surface area contributed by atoms with E-state index in [4.69, 9.17) is 0 Å². The lowest BCUT2D eigenvalue weighted by Crippen LogP contribution is -2.13. The van der Waals surface area contributed by atoms with Crippen LogP contribution in [0.5, 0.6) is 0 Å². The minimum atomic E-state index is -4.59. The zero-order chi connectivity index (χ0) is 21.8. The zero-order valence-corrected chi connectivity index (χ0v) is 16.6. The summed E-state index contributed by atoms with van der Waals surface area (Å²) in [4.78, 5) is 11.8. The molecule has 6 nitrogen and oxygen atoms in total. The van der Waals surface area contributed by atoms with Crippen molar-refractivity contribution in [2.75, 3.05) is 5.32 Å². The molecule has 4 aromatic rings. The van der Waals surface area contributed by atoms with Crippen molar-refractivity contribution in [1.29, 1.82) is 0 Å². The fourth-order valence-corrected chi connectivity index (χ4v) is 3.06. The van der Waals surface area contributed by atoms with E-state index in [1.807, 2.05) is 43.5 Å². The van der Waals surface area contributed by atoms with Gasteiger partial charge in [-0.05, 0) is 24.6 Å². The first kappa shape index (κ1) is 20.5. The van der Waals surface area contributed by atoms with Gasteiger partial charge in [0.1, 0.15) is 5.82 Å². The summed E-state index contributed by atoms with van der Waals surface area (Å²) < 4.78 is 42.0. The van der Waals surface area contributed by atoms with Crippen LogP contribution in [0.2, 0.25) is 0 Å². The van der Waals surface area contributed by atoms with Gasteiger partial charge in [0.05, 0.1) is 18.8 Å². The van der Waals surface area contributed by atoms with E-state index in [9.17, 15) is 13.2 Å². The molecule has 0 amide bonds. The first-order valence-electron chi connectivity index (χ1n) is 9.58. The first-order valence-corrected chi connectivity index (χ1v) is 9.58. The summed E-state index contributed by atoms with van der Waals surface area (Å²) in [5.74, 6) is 0.0594. The van der Waals surface area contributed by atoms with Gasteiger partial charge in [0.2, 0.25) is 0 Å². The number of aromatic nitrogens is 5. The maximum absolute atomic E-state index is 13.4. The quantitative estimate of drug-likeness (QED) is 0.473. The van der Waals surface area contributed by atoms with E-state index in [1.54, 1.807) is 23.0 Å². The van der Waals surface area contributed by atoms with Crippen LogP contribution in [0.1, 0.15) is 29.8 Å². The van der Waals surface area contributed by atoms with Gasteiger partial charge >= 0.3 is 6.18 Å². The van der Waals surface area contributed by atoms with Gasteiger partial charge in [0.15, 0.2) is 11.5 Å². The summed E-state index contributed by atoms with van der Waals surface area (Å²) in [6.45, 7) is 2.44. The summed E-state index contributed by atoms with van der Waals surface area (Å²) in [6.07, 6.45) is 1.92. The van der Waals surface area contributed by atoms with E-state index in [0.717, 1.165) is 17.2 Å². The van der Waals surface area contributed by atoms with Crippen LogP contribution in [0, 0.1) is 0 Å². The molecule has 0 fully saturated rings. The maximum atomic E-state index is 13.4. The maximum Gasteiger partial charge on any atom is 0.433 e. The van der Waals surface area contributed by atoms with Crippen LogP contribution in [0.15, 0.2) is 73.3 Å². The Morgan fingerprint density at radius 2 is 1.77 bits per heavy atom. The van der Waals surface area contributed by atoms with Gasteiger partial charge < -0.3 is 5.32 Å². The molecule has 4 rings (SSSR count). The minimum absolute atomic E-state index is 0.0216. The van der Waals surface area contributed by atoms with Gasteiger partial charge in [0, 0.05) is 35.8 Å². The summed E-state index contributed by atoms with van der Waals surface area (Å²) in [7, 11) is 0. The molecule has 1 atom stereocenters. The van der Waals surface area contributed by atoms with Crippen molar-refractivity contribution in [2.24, 2.45) is 0 Å². The second kappa shape index (κ2) is 8.55. The highest BCUT2D eigenvalue weighted by atomic mass is 19.4. The highest BCUT2D eigenvalue weighted by Gasteiger charge is 2.34. The molecule has 1 unspecified atom stereocenters. The number of nitrogens with zero attached hydrogens (tertiary/aromatic N) is 5. The first-order chi connectivity index (χ1) is 14.9. The minimum Gasteiger partial charge on any atom is -0.363 e. The third-order valence-corrected chi connectivity index (χ3v) is 4.66. The average molecular weight is 424 g/mol. The number of halogens is 3. The molecule has 0 aliphatic rings. The van der Waals surface area contributed by atoms with Crippen LogP contribution in [0.3, 0.4) is 0 Å². The number of alkyl halides is 3. The molecule has 3 heterocycles. The second-order valence-corrected chi connectivity index (χ2v) is 7.02. The van der Waals surface area contributed by atoms with Crippen molar-refractivity contribution in [3.63, 3.8) is 0 Å². The largest absolute Gasteiger partial charge is 0.433 e. The Hall–Kier alpha value is -3.75. The Morgan fingerprint density at radius 3 is 2.48 bits per heavy atom. The Kier molecular flexibility index (Phi) is 5.66. The lowest BCUT2D eigenvalue weighted by molar-refractivity contribution is -0.141. The van der Waals surface area contributed by atoms with Crippen LogP contribution in [0.25, 0.3) is 11.4 Å². The van der Waals surface area contributed by atoms with Crippen molar-refractivity contribution in [3.8, 4) is 11.4 Å². The lowest BCUT2D eigenvalue weighted by atomic mass is 10.2. The molecule has 158 valence electrons. The average Bonchev–Trinajstić information content (AvgIpc) is 3.23. The van der Waals surface area contributed by atoms with Gasteiger partial charge in [-0.3, -0.25) is 9.67 Å². The summed E-state index contributed by atoms with van der Waals surface area (Å²) in [6, 6.07) is 13.6. The molecule has 1 N–H and O–H groups in total. The Bertz CT molecular complexity index is 1140. The smallest absolute Gasteiger partial charge is 0.363 e. The Morgan fingerprint density at radius 1 is 1.03 bits per heavy atom. The van der Waals surface area contributed by atoms with E-state index < -0.39 is 11.9 Å². The van der Waals surface area contributed by atoms with Crippen LogP contribution < -0.4 is 5.32 Å². The number of benzene rings is 1. The highest BCUT2D eigenvalue weighted by Crippen LogP contribution is 2.31. The normalized spacial score (nSPS) is 12.5. The van der Waals surface area contributed by atoms with Gasteiger partial charge in [-0.1, -0.05) is 30.3 Å². The van der Waals surface area contributed by atoms with E-state index in [1.165, 1.54) is 12.4 Å².